The molecule has 2 rings (SSSR count). The van der Waals surface area contributed by atoms with E-state index in [1.165, 1.54) is 12.1 Å². The van der Waals surface area contributed by atoms with E-state index in [0.29, 0.717) is 11.1 Å². The van der Waals surface area contributed by atoms with Gasteiger partial charge in [-0.1, -0.05) is 46.4 Å². The Labute approximate surface area is 141 Å². The van der Waals surface area contributed by atoms with E-state index in [-0.39, 0.29) is 43.1 Å². The lowest BCUT2D eigenvalue weighted by molar-refractivity contribution is 0.446. The molecular weight excluding hydrogens is 358 g/mol. The van der Waals surface area contributed by atoms with Gasteiger partial charge < -0.3 is 14.9 Å². The first-order valence-corrected chi connectivity index (χ1v) is 7.28. The number of rotatable bonds is 2. The van der Waals surface area contributed by atoms with E-state index in [0.717, 1.165) is 0 Å². The van der Waals surface area contributed by atoms with Crippen molar-refractivity contribution in [1.82, 2.24) is 0 Å². The first kappa shape index (κ1) is 16.4. The van der Waals surface area contributed by atoms with Gasteiger partial charge in [-0.05, 0) is 37.1 Å². The van der Waals surface area contributed by atoms with Gasteiger partial charge in [0.2, 0.25) is 0 Å². The van der Waals surface area contributed by atoms with E-state index >= 15 is 0 Å². The molecule has 2 N–H and O–H groups in total. The summed E-state index contributed by atoms with van der Waals surface area (Å²) in [4.78, 5) is 0. The Bertz CT molecular complexity index is 615. The highest BCUT2D eigenvalue weighted by Gasteiger charge is 2.21. The number of ether oxygens (including phenoxy) is 1. The van der Waals surface area contributed by atoms with Crippen LogP contribution >= 0.6 is 46.4 Å². The van der Waals surface area contributed by atoms with Gasteiger partial charge in [0.25, 0.3) is 0 Å². The Morgan fingerprint density at radius 2 is 1.05 bits per heavy atom. The van der Waals surface area contributed by atoms with E-state index in [1.54, 1.807) is 13.8 Å². The lowest BCUT2D eigenvalue weighted by Gasteiger charge is -2.16. The first-order valence-electron chi connectivity index (χ1n) is 5.77. The van der Waals surface area contributed by atoms with E-state index in [9.17, 15) is 10.2 Å². The highest BCUT2D eigenvalue weighted by molar-refractivity contribution is 6.40. The number of phenols is 2. The molecule has 0 aliphatic rings. The molecule has 0 bridgehead atoms. The normalized spacial score (nSPS) is 10.8. The first-order chi connectivity index (χ1) is 9.73. The van der Waals surface area contributed by atoms with Gasteiger partial charge in [0.05, 0.1) is 10.0 Å². The fraction of sp³-hybridized carbons (Fsp3) is 0.143. The molecule has 0 radical (unpaired) electrons. The van der Waals surface area contributed by atoms with Crippen LogP contribution in [-0.2, 0) is 0 Å². The fourth-order valence-electron chi connectivity index (χ4n) is 1.73. The molecule has 2 aromatic carbocycles. The SMILES string of the molecule is Cc1cc(O)c(Cl)c(Oc2c(Cl)c(C)cc(O)c2Cl)c1Cl. The number of aromatic hydroxyl groups is 2. The Kier molecular flexibility index (Phi) is 4.69. The fourth-order valence-corrected chi connectivity index (χ4v) is 2.58. The lowest BCUT2D eigenvalue weighted by atomic mass is 10.2. The van der Waals surface area contributed by atoms with Crippen molar-refractivity contribution in [2.24, 2.45) is 0 Å². The van der Waals surface area contributed by atoms with Gasteiger partial charge in [0.1, 0.15) is 21.5 Å². The molecule has 0 saturated heterocycles. The van der Waals surface area contributed by atoms with E-state index in [4.69, 9.17) is 51.1 Å². The molecule has 0 heterocycles. The minimum atomic E-state index is -0.183. The summed E-state index contributed by atoms with van der Waals surface area (Å²) in [5, 5.41) is 19.8. The second-order valence-corrected chi connectivity index (χ2v) is 5.95. The van der Waals surface area contributed by atoms with Crippen LogP contribution in [0.3, 0.4) is 0 Å². The molecule has 3 nitrogen and oxygen atoms in total. The van der Waals surface area contributed by atoms with Gasteiger partial charge in [-0.15, -0.1) is 0 Å². The van der Waals surface area contributed by atoms with Crippen molar-refractivity contribution >= 4 is 46.4 Å². The number of halogens is 4. The average molecular weight is 368 g/mol. The summed E-state index contributed by atoms with van der Waals surface area (Å²) in [5.74, 6) is -0.329. The van der Waals surface area contributed by atoms with E-state index < -0.39 is 0 Å². The predicted molar refractivity (Wildman–Crippen MR) is 85.8 cm³/mol. The van der Waals surface area contributed by atoms with E-state index in [2.05, 4.69) is 0 Å². The van der Waals surface area contributed by atoms with Crippen LogP contribution in [0.15, 0.2) is 12.1 Å². The minimum absolute atomic E-state index is 0.0182. The third-order valence-electron chi connectivity index (χ3n) is 2.85. The van der Waals surface area contributed by atoms with Crippen LogP contribution in [-0.4, -0.2) is 10.2 Å². The molecule has 0 aliphatic heterocycles. The maximum absolute atomic E-state index is 9.75. The zero-order chi connectivity index (χ0) is 15.9. The van der Waals surface area contributed by atoms with Crippen molar-refractivity contribution in [2.75, 3.05) is 0 Å². The van der Waals surface area contributed by atoms with Crippen LogP contribution in [0.1, 0.15) is 11.1 Å². The highest BCUT2D eigenvalue weighted by atomic mass is 35.5. The largest absolute Gasteiger partial charge is 0.506 e. The zero-order valence-corrected chi connectivity index (χ0v) is 14.0. The molecule has 0 fully saturated rings. The van der Waals surface area contributed by atoms with Crippen molar-refractivity contribution in [3.8, 4) is 23.0 Å². The second-order valence-electron chi connectivity index (χ2n) is 4.44. The molecule has 112 valence electrons. The highest BCUT2D eigenvalue weighted by Crippen LogP contribution is 2.48. The van der Waals surface area contributed by atoms with Crippen LogP contribution in [0.4, 0.5) is 0 Å². The molecule has 0 spiro atoms. The Morgan fingerprint density at radius 3 is 1.38 bits per heavy atom. The van der Waals surface area contributed by atoms with Crippen LogP contribution in [0, 0.1) is 13.8 Å². The standard InChI is InChI=1S/C14H10Cl4O3/c1-5-3-7(19)11(17)13(9(5)15)21-14-10(16)6(2)4-8(20)12(14)18/h3-4,19-20H,1-2H3. The average Bonchev–Trinajstić information content (AvgIpc) is 2.42. The van der Waals surface area contributed by atoms with Crippen LogP contribution in [0.5, 0.6) is 23.0 Å². The summed E-state index contributed by atoms with van der Waals surface area (Å²) in [5.41, 5.74) is 1.13. The summed E-state index contributed by atoms with van der Waals surface area (Å²) in [6.07, 6.45) is 0. The monoisotopic (exact) mass is 366 g/mol. The van der Waals surface area contributed by atoms with Crippen molar-refractivity contribution in [3.05, 3.63) is 43.4 Å². The molecule has 21 heavy (non-hydrogen) atoms. The molecule has 0 saturated carbocycles. The third-order valence-corrected chi connectivity index (χ3v) is 4.52. The molecular formula is C14H10Cl4O3. The molecule has 2 aromatic rings. The van der Waals surface area contributed by atoms with Gasteiger partial charge in [-0.3, -0.25) is 0 Å². The molecule has 0 atom stereocenters. The number of aryl methyl sites for hydroxylation is 2. The quantitative estimate of drug-likeness (QED) is 0.672. The van der Waals surface area contributed by atoms with Crippen LogP contribution in [0.2, 0.25) is 20.1 Å². The summed E-state index contributed by atoms with van der Waals surface area (Å²) in [6, 6.07) is 2.82. The third kappa shape index (κ3) is 2.97. The Hall–Kier alpha value is -1.00. The Balaban J connectivity index is 2.64. The maximum atomic E-state index is 9.75. The lowest BCUT2D eigenvalue weighted by Crippen LogP contribution is -1.93. The van der Waals surface area contributed by atoms with Gasteiger partial charge in [0.15, 0.2) is 11.5 Å². The van der Waals surface area contributed by atoms with Crippen molar-refractivity contribution in [1.29, 1.82) is 0 Å². The molecule has 0 amide bonds. The van der Waals surface area contributed by atoms with Crippen molar-refractivity contribution < 1.29 is 14.9 Å². The molecule has 7 heteroatoms. The van der Waals surface area contributed by atoms with Crippen molar-refractivity contribution in [3.63, 3.8) is 0 Å². The summed E-state index contributed by atoms with van der Waals surface area (Å²) in [6.45, 7) is 3.37. The van der Waals surface area contributed by atoms with Gasteiger partial charge >= 0.3 is 0 Å². The topological polar surface area (TPSA) is 49.7 Å². The summed E-state index contributed by atoms with van der Waals surface area (Å²) in [7, 11) is 0. The van der Waals surface area contributed by atoms with Gasteiger partial charge in [-0.25, -0.2) is 0 Å². The predicted octanol–water partition coefficient (Wildman–Crippen LogP) is 6.12. The molecule has 0 aliphatic carbocycles. The number of benzene rings is 2. The van der Waals surface area contributed by atoms with Gasteiger partial charge in [-0.2, -0.15) is 0 Å². The smallest absolute Gasteiger partial charge is 0.168 e. The second kappa shape index (κ2) is 6.01. The molecule has 0 unspecified atom stereocenters. The minimum Gasteiger partial charge on any atom is -0.506 e. The van der Waals surface area contributed by atoms with E-state index in [1.807, 2.05) is 0 Å². The van der Waals surface area contributed by atoms with Crippen LogP contribution in [0.25, 0.3) is 0 Å². The maximum Gasteiger partial charge on any atom is 0.168 e. The summed E-state index contributed by atoms with van der Waals surface area (Å²) >= 11 is 24.3. The Morgan fingerprint density at radius 1 is 0.714 bits per heavy atom. The zero-order valence-electron chi connectivity index (χ0n) is 11.0. The summed E-state index contributed by atoms with van der Waals surface area (Å²) < 4.78 is 5.58. The number of phenolic OH excluding ortho intramolecular Hbond substituents is 2. The number of hydrogen-bond donors (Lipinski definition) is 2. The van der Waals surface area contributed by atoms with Crippen LogP contribution < -0.4 is 4.74 Å². The van der Waals surface area contributed by atoms with Crippen molar-refractivity contribution in [2.45, 2.75) is 13.8 Å². The molecule has 0 aromatic heterocycles. The number of hydrogen-bond acceptors (Lipinski definition) is 3. The van der Waals surface area contributed by atoms with Gasteiger partial charge in [0, 0.05) is 0 Å².